The highest BCUT2D eigenvalue weighted by Gasteiger charge is 2.22. The van der Waals surface area contributed by atoms with Gasteiger partial charge in [0.1, 0.15) is 10.1 Å². The summed E-state index contributed by atoms with van der Waals surface area (Å²) in [7, 11) is 1.65. The molecule has 5 heteroatoms. The molecule has 3 nitrogen and oxygen atoms in total. The van der Waals surface area contributed by atoms with Crippen LogP contribution < -0.4 is 10.1 Å². The SMILES string of the molecule is COc1ccc(C=C2SC(=S)NC2=O)c2ccccc12. The average molecular weight is 301 g/mol. The summed E-state index contributed by atoms with van der Waals surface area (Å²) in [5, 5.41) is 4.69. The minimum atomic E-state index is -0.139. The molecule has 0 unspecified atom stereocenters. The number of fused-ring (bicyclic) bond motifs is 1. The third kappa shape index (κ3) is 2.30. The van der Waals surface area contributed by atoms with Gasteiger partial charge in [-0.3, -0.25) is 4.79 Å². The molecule has 0 atom stereocenters. The summed E-state index contributed by atoms with van der Waals surface area (Å²) in [6.45, 7) is 0. The Morgan fingerprint density at radius 3 is 2.60 bits per heavy atom. The van der Waals surface area contributed by atoms with E-state index in [9.17, 15) is 4.79 Å². The van der Waals surface area contributed by atoms with Gasteiger partial charge in [-0.05, 0) is 23.1 Å². The molecule has 1 aliphatic rings. The van der Waals surface area contributed by atoms with E-state index in [1.807, 2.05) is 42.5 Å². The maximum Gasteiger partial charge on any atom is 0.263 e. The highest BCUT2D eigenvalue weighted by atomic mass is 32.2. The van der Waals surface area contributed by atoms with Crippen molar-refractivity contribution in [3.63, 3.8) is 0 Å². The van der Waals surface area contributed by atoms with Gasteiger partial charge in [0.05, 0.1) is 12.0 Å². The summed E-state index contributed by atoms with van der Waals surface area (Å²) in [6.07, 6.45) is 1.86. The van der Waals surface area contributed by atoms with E-state index in [4.69, 9.17) is 17.0 Å². The number of hydrogen-bond donors (Lipinski definition) is 1. The molecule has 0 aliphatic carbocycles. The molecule has 1 saturated heterocycles. The molecule has 0 aromatic heterocycles. The number of benzene rings is 2. The summed E-state index contributed by atoms with van der Waals surface area (Å²) in [4.78, 5) is 12.4. The van der Waals surface area contributed by atoms with Gasteiger partial charge in [-0.25, -0.2) is 0 Å². The van der Waals surface area contributed by atoms with Crippen molar-refractivity contribution in [1.29, 1.82) is 0 Å². The lowest BCUT2D eigenvalue weighted by molar-refractivity contribution is -0.115. The van der Waals surface area contributed by atoms with Crippen molar-refractivity contribution in [2.75, 3.05) is 7.11 Å². The minimum Gasteiger partial charge on any atom is -0.496 e. The quantitative estimate of drug-likeness (QED) is 0.682. The van der Waals surface area contributed by atoms with Crippen molar-refractivity contribution in [3.8, 4) is 5.75 Å². The number of thiocarbonyl (C=S) groups is 1. The number of carbonyl (C=O) groups excluding carboxylic acids is 1. The summed E-state index contributed by atoms with van der Waals surface area (Å²) in [6, 6.07) is 11.8. The van der Waals surface area contributed by atoms with Gasteiger partial charge in [0.15, 0.2) is 0 Å². The summed E-state index contributed by atoms with van der Waals surface area (Å²) >= 11 is 6.28. The van der Waals surface area contributed by atoms with Crippen molar-refractivity contribution in [3.05, 3.63) is 46.9 Å². The lowest BCUT2D eigenvalue weighted by Gasteiger charge is -2.08. The number of thioether (sulfide) groups is 1. The zero-order valence-electron chi connectivity index (χ0n) is 10.7. The van der Waals surface area contributed by atoms with Gasteiger partial charge < -0.3 is 10.1 Å². The van der Waals surface area contributed by atoms with E-state index in [-0.39, 0.29) is 5.91 Å². The average Bonchev–Trinajstić information content (AvgIpc) is 2.77. The molecule has 0 spiro atoms. The standard InChI is InChI=1S/C15H11NO2S2/c1-18-12-7-6-9(10-4-2-3-5-11(10)12)8-13-14(17)16-15(19)20-13/h2-8H,1H3,(H,16,17,19). The van der Waals surface area contributed by atoms with E-state index in [0.29, 0.717) is 9.23 Å². The predicted octanol–water partition coefficient (Wildman–Crippen LogP) is 3.34. The number of rotatable bonds is 2. The molecule has 100 valence electrons. The minimum absolute atomic E-state index is 0.139. The van der Waals surface area contributed by atoms with Crippen LogP contribution >= 0.6 is 24.0 Å². The van der Waals surface area contributed by atoms with E-state index in [1.54, 1.807) is 7.11 Å². The van der Waals surface area contributed by atoms with Gasteiger partial charge in [0.2, 0.25) is 0 Å². The highest BCUT2D eigenvalue weighted by Crippen LogP contribution is 2.32. The zero-order chi connectivity index (χ0) is 14.1. The molecule has 1 aliphatic heterocycles. The Morgan fingerprint density at radius 2 is 1.95 bits per heavy atom. The van der Waals surface area contributed by atoms with E-state index >= 15 is 0 Å². The number of methoxy groups -OCH3 is 1. The smallest absolute Gasteiger partial charge is 0.263 e. The lowest BCUT2D eigenvalue weighted by Crippen LogP contribution is -2.17. The van der Waals surface area contributed by atoms with Crippen LogP contribution in [0.25, 0.3) is 16.8 Å². The first kappa shape index (κ1) is 13.1. The first-order valence-corrected chi connectivity index (χ1v) is 7.22. The molecule has 3 rings (SSSR count). The number of ether oxygens (including phenoxy) is 1. The van der Waals surface area contributed by atoms with Crippen LogP contribution in [0.15, 0.2) is 41.3 Å². The zero-order valence-corrected chi connectivity index (χ0v) is 12.3. The summed E-state index contributed by atoms with van der Waals surface area (Å²) in [5.74, 6) is 0.682. The second-order valence-corrected chi connectivity index (χ2v) is 5.97. The topological polar surface area (TPSA) is 38.3 Å². The Hall–Kier alpha value is -1.85. The molecule has 1 N–H and O–H groups in total. The fourth-order valence-corrected chi connectivity index (χ4v) is 3.20. The van der Waals surface area contributed by atoms with Crippen LogP contribution in [0.4, 0.5) is 0 Å². The van der Waals surface area contributed by atoms with E-state index in [1.165, 1.54) is 11.8 Å². The van der Waals surface area contributed by atoms with Crippen LogP contribution in [-0.2, 0) is 4.79 Å². The Bertz CT molecular complexity index is 753. The first-order chi connectivity index (χ1) is 9.69. The van der Waals surface area contributed by atoms with Gasteiger partial charge in [-0.15, -0.1) is 0 Å². The molecule has 1 fully saturated rings. The van der Waals surface area contributed by atoms with E-state index < -0.39 is 0 Å². The number of hydrogen-bond acceptors (Lipinski definition) is 4. The van der Waals surface area contributed by atoms with Crippen LogP contribution in [-0.4, -0.2) is 17.3 Å². The largest absolute Gasteiger partial charge is 0.496 e. The van der Waals surface area contributed by atoms with Crippen molar-refractivity contribution >= 4 is 51.1 Å². The number of amides is 1. The Morgan fingerprint density at radius 1 is 1.20 bits per heavy atom. The molecule has 2 aromatic rings. The number of carbonyl (C=O) groups is 1. The summed E-state index contributed by atoms with van der Waals surface area (Å²) in [5.41, 5.74) is 0.976. The Kier molecular flexibility index (Phi) is 3.46. The fourth-order valence-electron chi connectivity index (χ4n) is 2.16. The molecule has 2 aromatic carbocycles. The Labute approximate surface area is 126 Å². The van der Waals surface area contributed by atoms with Crippen molar-refractivity contribution in [2.24, 2.45) is 0 Å². The molecular weight excluding hydrogens is 290 g/mol. The van der Waals surface area contributed by atoms with E-state index in [2.05, 4.69) is 5.32 Å². The molecule has 0 radical (unpaired) electrons. The second-order valence-electron chi connectivity index (χ2n) is 4.25. The van der Waals surface area contributed by atoms with Crippen LogP contribution in [0.2, 0.25) is 0 Å². The van der Waals surface area contributed by atoms with Crippen molar-refractivity contribution in [1.82, 2.24) is 5.32 Å². The predicted molar refractivity (Wildman–Crippen MR) is 86.8 cm³/mol. The van der Waals surface area contributed by atoms with Crippen LogP contribution in [0.5, 0.6) is 5.75 Å². The Balaban J connectivity index is 2.16. The second kappa shape index (κ2) is 5.26. The van der Waals surface area contributed by atoms with Crippen LogP contribution in [0.1, 0.15) is 5.56 Å². The van der Waals surface area contributed by atoms with Gasteiger partial charge >= 0.3 is 0 Å². The summed E-state index contributed by atoms with van der Waals surface area (Å²) < 4.78 is 5.86. The van der Waals surface area contributed by atoms with Gasteiger partial charge in [-0.1, -0.05) is 54.3 Å². The fraction of sp³-hybridized carbons (Fsp3) is 0.0667. The lowest BCUT2D eigenvalue weighted by atomic mass is 10.0. The van der Waals surface area contributed by atoms with Gasteiger partial charge in [0.25, 0.3) is 5.91 Å². The maximum absolute atomic E-state index is 11.7. The molecule has 20 heavy (non-hydrogen) atoms. The van der Waals surface area contributed by atoms with Crippen molar-refractivity contribution < 1.29 is 9.53 Å². The highest BCUT2D eigenvalue weighted by molar-refractivity contribution is 8.26. The van der Waals surface area contributed by atoms with Crippen LogP contribution in [0.3, 0.4) is 0 Å². The third-order valence-corrected chi connectivity index (χ3v) is 4.23. The van der Waals surface area contributed by atoms with E-state index in [0.717, 1.165) is 22.1 Å². The molecule has 1 amide bonds. The molecular formula is C15H11NO2S2. The number of nitrogens with one attached hydrogen (secondary N) is 1. The maximum atomic E-state index is 11.7. The molecule has 0 bridgehead atoms. The van der Waals surface area contributed by atoms with Crippen LogP contribution in [0, 0.1) is 0 Å². The first-order valence-electron chi connectivity index (χ1n) is 5.99. The van der Waals surface area contributed by atoms with Gasteiger partial charge in [0, 0.05) is 5.39 Å². The monoisotopic (exact) mass is 301 g/mol. The normalized spacial score (nSPS) is 16.8. The molecule has 1 heterocycles. The third-order valence-electron chi connectivity index (χ3n) is 3.07. The molecule has 0 saturated carbocycles. The van der Waals surface area contributed by atoms with Gasteiger partial charge in [-0.2, -0.15) is 0 Å². The van der Waals surface area contributed by atoms with Crippen molar-refractivity contribution in [2.45, 2.75) is 0 Å².